The lowest BCUT2D eigenvalue weighted by atomic mass is 10.1. The number of Topliss-reactive ketones (excluding diaryl/α,β-unsaturated/α-hetero) is 1. The zero-order valence-electron chi connectivity index (χ0n) is 30.8. The summed E-state index contributed by atoms with van der Waals surface area (Å²) in [5, 5.41) is 8.70. The molecule has 16 nitrogen and oxygen atoms in total. The van der Waals surface area contributed by atoms with Gasteiger partial charge in [-0.15, -0.1) is 0 Å². The zero-order chi connectivity index (χ0) is 39.0. The van der Waals surface area contributed by atoms with Gasteiger partial charge in [0.25, 0.3) is 11.1 Å². The molecule has 4 aromatic heterocycles. The monoisotopic (exact) mass is 727 g/mol. The zero-order valence-corrected chi connectivity index (χ0v) is 30.8. The molecule has 0 aliphatic rings. The number of carboxylic acids is 1. The van der Waals surface area contributed by atoms with Gasteiger partial charge in [0.15, 0.2) is 28.1 Å². The highest BCUT2D eigenvalue weighted by Gasteiger charge is 2.17. The molecule has 0 spiro atoms. The van der Waals surface area contributed by atoms with Gasteiger partial charge < -0.3 is 20.0 Å². The van der Waals surface area contributed by atoms with Gasteiger partial charge >= 0.3 is 17.3 Å². The molecule has 6 rings (SSSR count). The van der Waals surface area contributed by atoms with Gasteiger partial charge in [-0.25, -0.2) is 19.6 Å². The molecule has 0 unspecified atom stereocenters. The van der Waals surface area contributed by atoms with Crippen LogP contribution in [-0.4, -0.2) is 60.8 Å². The molecule has 0 saturated carbocycles. The van der Waals surface area contributed by atoms with Gasteiger partial charge in [0.1, 0.15) is 6.54 Å². The lowest BCUT2D eigenvalue weighted by molar-refractivity contribution is -0.137. The van der Waals surface area contributed by atoms with E-state index in [-0.39, 0.29) is 35.6 Å². The van der Waals surface area contributed by atoms with Crippen molar-refractivity contribution in [2.24, 2.45) is 33.9 Å². The maximum Gasteiger partial charge on any atom is 0.332 e. The van der Waals surface area contributed by atoms with E-state index in [9.17, 15) is 28.8 Å². The molecule has 2 aromatic carbocycles. The van der Waals surface area contributed by atoms with Crippen molar-refractivity contribution in [3.05, 3.63) is 125 Å². The Labute approximate surface area is 304 Å². The molecule has 0 aliphatic heterocycles. The number of aromatic nitrogens is 8. The Balaban J connectivity index is 0.000000198. The van der Waals surface area contributed by atoms with Gasteiger partial charge in [-0.3, -0.25) is 37.4 Å². The summed E-state index contributed by atoms with van der Waals surface area (Å²) in [6, 6.07) is 16.8. The van der Waals surface area contributed by atoms with E-state index in [1.807, 2.05) is 6.92 Å². The van der Waals surface area contributed by atoms with Crippen LogP contribution in [0.5, 0.6) is 0 Å². The van der Waals surface area contributed by atoms with Crippen molar-refractivity contribution in [2.45, 2.75) is 52.6 Å². The highest BCUT2D eigenvalue weighted by Crippen LogP contribution is 2.10. The number of nitrogens with two attached hydrogens (primary N) is 1. The number of aliphatic carboxylic acids is 1. The van der Waals surface area contributed by atoms with E-state index in [1.54, 1.807) is 7.05 Å². The van der Waals surface area contributed by atoms with Crippen LogP contribution in [0.4, 0.5) is 0 Å². The summed E-state index contributed by atoms with van der Waals surface area (Å²) < 4.78 is 7.21. The summed E-state index contributed by atoms with van der Waals surface area (Å²) in [5.41, 5.74) is 9.40. The smallest absolute Gasteiger partial charge is 0.332 e. The number of nitrogens with zero attached hydrogens (tertiary/aromatic N) is 8. The SMILES string of the molecule is Cc1ccc(CCCC(=O)Cn2cnc3c2c(=O)n(C)c(=O)n3C)cc1.Cc1ccc(CCN)cc1.Cn1c(=O)c2c(ncn2CC(=O)O)n(C)c1=O. The number of benzene rings is 2. The molecule has 0 radical (unpaired) electrons. The summed E-state index contributed by atoms with van der Waals surface area (Å²) >= 11 is 0. The number of carbonyl (C=O) groups is 2. The largest absolute Gasteiger partial charge is 0.480 e. The van der Waals surface area contributed by atoms with Gasteiger partial charge in [-0.1, -0.05) is 59.7 Å². The lowest BCUT2D eigenvalue weighted by Crippen LogP contribution is -2.37. The van der Waals surface area contributed by atoms with Crippen LogP contribution in [0.15, 0.2) is 80.4 Å². The molecule has 4 heterocycles. The molecule has 3 N–H and O–H groups in total. The van der Waals surface area contributed by atoms with Crippen LogP contribution in [0.3, 0.4) is 0 Å². The summed E-state index contributed by atoms with van der Waals surface area (Å²) in [4.78, 5) is 78.7. The third kappa shape index (κ3) is 9.39. The molecule has 0 aliphatic carbocycles. The fourth-order valence-corrected chi connectivity index (χ4v) is 5.61. The number of ketones is 1. The van der Waals surface area contributed by atoms with Gasteiger partial charge in [-0.2, -0.15) is 0 Å². The van der Waals surface area contributed by atoms with E-state index >= 15 is 0 Å². The van der Waals surface area contributed by atoms with Gasteiger partial charge in [0, 0.05) is 34.6 Å². The number of carbonyl (C=O) groups excluding carboxylic acids is 1. The molecule has 0 fully saturated rings. The molecule has 0 saturated heterocycles. The van der Waals surface area contributed by atoms with Crippen molar-refractivity contribution in [1.29, 1.82) is 0 Å². The van der Waals surface area contributed by atoms with E-state index in [0.29, 0.717) is 12.1 Å². The van der Waals surface area contributed by atoms with E-state index in [2.05, 4.69) is 65.4 Å². The minimum Gasteiger partial charge on any atom is -0.480 e. The number of aryl methyl sites for hydroxylation is 5. The Bertz CT molecular complexity index is 2480. The molecule has 0 amide bonds. The Morgan fingerprint density at radius 3 is 1.47 bits per heavy atom. The Hall–Kier alpha value is -6.16. The van der Waals surface area contributed by atoms with E-state index in [4.69, 9.17) is 10.8 Å². The summed E-state index contributed by atoms with van der Waals surface area (Å²) in [7, 11) is 5.79. The maximum absolute atomic E-state index is 12.4. The Kier molecular flexibility index (Phi) is 13.0. The van der Waals surface area contributed by atoms with Crippen molar-refractivity contribution in [1.82, 2.24) is 37.4 Å². The van der Waals surface area contributed by atoms with Crippen LogP contribution in [0.25, 0.3) is 22.3 Å². The van der Waals surface area contributed by atoms with Crippen LogP contribution in [0, 0.1) is 13.8 Å². The number of hydrogen-bond donors (Lipinski definition) is 2. The lowest BCUT2D eigenvalue weighted by Gasteiger charge is -2.06. The maximum atomic E-state index is 12.4. The first-order valence-corrected chi connectivity index (χ1v) is 16.9. The highest BCUT2D eigenvalue weighted by molar-refractivity contribution is 5.80. The van der Waals surface area contributed by atoms with E-state index in [0.717, 1.165) is 34.9 Å². The predicted octanol–water partition coefficient (Wildman–Crippen LogP) is 1.35. The second-order valence-corrected chi connectivity index (χ2v) is 12.8. The number of rotatable bonds is 10. The third-order valence-electron chi connectivity index (χ3n) is 8.68. The summed E-state index contributed by atoms with van der Waals surface area (Å²) in [6.07, 6.45) is 5.70. The topological polar surface area (TPSA) is 204 Å². The minimum atomic E-state index is -1.08. The third-order valence-corrected chi connectivity index (χ3v) is 8.68. The Morgan fingerprint density at radius 1 is 0.642 bits per heavy atom. The van der Waals surface area contributed by atoms with Gasteiger partial charge in [0.05, 0.1) is 19.2 Å². The first-order valence-electron chi connectivity index (χ1n) is 16.9. The van der Waals surface area contributed by atoms with Crippen molar-refractivity contribution in [3.8, 4) is 0 Å². The number of fused-ring (bicyclic) bond motifs is 2. The number of hydrogen-bond acceptors (Lipinski definition) is 9. The predicted molar refractivity (Wildman–Crippen MR) is 201 cm³/mol. The number of carboxylic acid groups (broad SMARTS) is 1. The number of imidazole rings is 2. The van der Waals surface area contributed by atoms with Crippen LogP contribution in [0.1, 0.15) is 35.1 Å². The summed E-state index contributed by atoms with van der Waals surface area (Å²) in [5.74, 6) is -1.05. The second-order valence-electron chi connectivity index (χ2n) is 12.8. The minimum absolute atomic E-state index is 0.0346. The van der Waals surface area contributed by atoms with Gasteiger partial charge in [0.2, 0.25) is 0 Å². The molecule has 0 atom stereocenters. The van der Waals surface area contributed by atoms with Crippen LogP contribution in [0.2, 0.25) is 0 Å². The second kappa shape index (κ2) is 17.4. The van der Waals surface area contributed by atoms with Gasteiger partial charge in [-0.05, 0) is 50.8 Å². The summed E-state index contributed by atoms with van der Waals surface area (Å²) in [6.45, 7) is 4.58. The quantitative estimate of drug-likeness (QED) is 0.207. The average Bonchev–Trinajstić information content (AvgIpc) is 3.75. The van der Waals surface area contributed by atoms with Crippen molar-refractivity contribution >= 4 is 34.1 Å². The molecular weight excluding hydrogens is 682 g/mol. The van der Waals surface area contributed by atoms with Crippen molar-refractivity contribution in [3.63, 3.8) is 0 Å². The standard InChI is InChI=1S/C19H22N4O3.C9H10N4O4.C9H13N/c1-13-7-9-14(10-8-13)5-4-6-15(24)11-23-12-20-17-16(23)18(25)22(3)19(26)21(17)2;1-11-7-6(8(16)12(2)9(11)17)13(4-10-7)3-5(14)15;1-8-2-4-9(5-3-8)6-7-10/h7-10,12H,4-6,11H2,1-3H3;4H,3H2,1-2H3,(H,14,15);2-5H,6-7,10H2,1H3. The van der Waals surface area contributed by atoms with Crippen LogP contribution < -0.4 is 28.2 Å². The van der Waals surface area contributed by atoms with Crippen LogP contribution in [-0.2, 0) is 63.7 Å². The molecule has 16 heteroatoms. The molecule has 0 bridgehead atoms. The van der Waals surface area contributed by atoms with Crippen molar-refractivity contribution in [2.75, 3.05) is 6.54 Å². The molecule has 53 heavy (non-hydrogen) atoms. The molecule has 280 valence electrons. The molecular formula is C37H45N9O7. The average molecular weight is 728 g/mol. The first-order chi connectivity index (χ1) is 25.1. The van der Waals surface area contributed by atoms with Crippen molar-refractivity contribution < 1.29 is 14.7 Å². The normalized spacial score (nSPS) is 10.8. The Morgan fingerprint density at radius 2 is 1.06 bits per heavy atom. The molecule has 6 aromatic rings. The first kappa shape index (κ1) is 39.6. The highest BCUT2D eigenvalue weighted by atomic mass is 16.4. The van der Waals surface area contributed by atoms with E-state index in [1.165, 1.54) is 74.3 Å². The van der Waals surface area contributed by atoms with Crippen LogP contribution >= 0.6 is 0 Å². The fourth-order valence-electron chi connectivity index (χ4n) is 5.61. The fraction of sp³-hybridized carbons (Fsp3) is 0.351. The van der Waals surface area contributed by atoms with E-state index < -0.39 is 28.5 Å².